The number of hydrogen-bond acceptors (Lipinski definition) is 2. The summed E-state index contributed by atoms with van der Waals surface area (Å²) >= 11 is 1.85. The van der Waals surface area contributed by atoms with E-state index in [1.807, 2.05) is 11.3 Å². The Labute approximate surface area is 133 Å². The summed E-state index contributed by atoms with van der Waals surface area (Å²) in [5.74, 6) is 0. The molecule has 2 heteroatoms. The van der Waals surface area contributed by atoms with Gasteiger partial charge in [0.15, 0.2) is 0 Å². The van der Waals surface area contributed by atoms with E-state index in [2.05, 4.69) is 80.9 Å². The Morgan fingerprint density at radius 1 is 1.10 bits per heavy atom. The maximum atomic E-state index is 3.81. The smallest absolute Gasteiger partial charge is 0.0414 e. The highest BCUT2D eigenvalue weighted by atomic mass is 32.1. The van der Waals surface area contributed by atoms with Crippen molar-refractivity contribution in [3.05, 3.63) is 58.3 Å². The zero-order chi connectivity index (χ0) is 15.3. The van der Waals surface area contributed by atoms with Crippen LogP contribution in [0.15, 0.2) is 47.8 Å². The summed E-state index contributed by atoms with van der Waals surface area (Å²) in [6, 6.07) is 16.2. The van der Waals surface area contributed by atoms with Crippen LogP contribution in [0.1, 0.15) is 57.0 Å². The lowest BCUT2D eigenvalue weighted by Crippen LogP contribution is -2.35. The molecule has 2 atom stereocenters. The molecule has 1 nitrogen and oxygen atoms in total. The molecule has 0 amide bonds. The molecule has 0 aliphatic carbocycles. The molecular weight excluding hydrogens is 274 g/mol. The predicted octanol–water partition coefficient (Wildman–Crippen LogP) is 5.55. The monoisotopic (exact) mass is 301 g/mol. The fourth-order valence-electron chi connectivity index (χ4n) is 3.07. The fourth-order valence-corrected chi connectivity index (χ4v) is 3.94. The third-order valence-corrected chi connectivity index (χ3v) is 5.14. The first-order valence-electron chi connectivity index (χ1n) is 7.88. The van der Waals surface area contributed by atoms with E-state index in [9.17, 15) is 0 Å². The first-order valence-corrected chi connectivity index (χ1v) is 8.76. The predicted molar refractivity (Wildman–Crippen MR) is 94.0 cm³/mol. The van der Waals surface area contributed by atoms with E-state index in [-0.39, 0.29) is 5.41 Å². The van der Waals surface area contributed by atoms with Crippen LogP contribution in [0.25, 0.3) is 0 Å². The average Bonchev–Trinajstić information content (AvgIpc) is 2.99. The number of rotatable bonds is 7. The van der Waals surface area contributed by atoms with Gasteiger partial charge >= 0.3 is 0 Å². The number of thiophene rings is 1. The van der Waals surface area contributed by atoms with Crippen molar-refractivity contribution in [2.45, 2.75) is 58.0 Å². The molecule has 0 saturated carbocycles. The van der Waals surface area contributed by atoms with Gasteiger partial charge in [0, 0.05) is 17.0 Å². The lowest BCUT2D eigenvalue weighted by atomic mass is 9.79. The molecule has 114 valence electrons. The number of hydrogen-bond donors (Lipinski definition) is 1. The molecule has 1 aromatic carbocycles. The Morgan fingerprint density at radius 3 is 2.38 bits per heavy atom. The van der Waals surface area contributed by atoms with Crippen molar-refractivity contribution >= 4 is 11.3 Å². The van der Waals surface area contributed by atoms with E-state index in [1.165, 1.54) is 10.4 Å². The minimum absolute atomic E-state index is 0.196. The molecular formula is C19H27NS. The third-order valence-electron chi connectivity index (χ3n) is 4.15. The van der Waals surface area contributed by atoms with E-state index in [1.54, 1.807) is 0 Å². The Hall–Kier alpha value is -1.12. The van der Waals surface area contributed by atoms with E-state index >= 15 is 0 Å². The maximum absolute atomic E-state index is 3.81. The highest BCUT2D eigenvalue weighted by Crippen LogP contribution is 2.30. The van der Waals surface area contributed by atoms with Crippen LogP contribution in [-0.4, -0.2) is 6.04 Å². The van der Waals surface area contributed by atoms with Crippen molar-refractivity contribution in [1.29, 1.82) is 0 Å². The normalized spacial score (nSPS) is 14.9. The molecule has 1 aromatic heterocycles. The van der Waals surface area contributed by atoms with Crippen LogP contribution in [0, 0.1) is 0 Å². The molecule has 0 fully saturated rings. The number of nitrogens with one attached hydrogen (secondary N) is 1. The fraction of sp³-hybridized carbons (Fsp3) is 0.474. The second kappa shape index (κ2) is 7.24. The van der Waals surface area contributed by atoms with Crippen molar-refractivity contribution in [3.8, 4) is 0 Å². The van der Waals surface area contributed by atoms with Gasteiger partial charge < -0.3 is 5.32 Å². The van der Waals surface area contributed by atoms with Crippen LogP contribution in [-0.2, 0) is 5.41 Å². The molecule has 1 N–H and O–H groups in total. The molecule has 0 bridgehead atoms. The van der Waals surface area contributed by atoms with Gasteiger partial charge in [-0.3, -0.25) is 0 Å². The highest BCUT2D eigenvalue weighted by Gasteiger charge is 2.24. The van der Waals surface area contributed by atoms with Gasteiger partial charge in [-0.2, -0.15) is 0 Å². The molecule has 0 radical (unpaired) electrons. The summed E-state index contributed by atoms with van der Waals surface area (Å²) in [5, 5.41) is 5.97. The highest BCUT2D eigenvalue weighted by molar-refractivity contribution is 7.10. The topological polar surface area (TPSA) is 12.0 Å². The molecule has 0 spiro atoms. The van der Waals surface area contributed by atoms with Gasteiger partial charge in [0.05, 0.1) is 0 Å². The standard InChI is InChI=1S/C19H27NS/c1-5-17(18-12-9-13-21-18)20-15(2)14-19(3,4)16-10-7-6-8-11-16/h6-13,15,17,20H,5,14H2,1-4H3. The van der Waals surface area contributed by atoms with Crippen LogP contribution in [0.3, 0.4) is 0 Å². The van der Waals surface area contributed by atoms with Gasteiger partial charge in [-0.25, -0.2) is 0 Å². The summed E-state index contributed by atoms with van der Waals surface area (Å²) in [6.07, 6.45) is 2.27. The van der Waals surface area contributed by atoms with Gasteiger partial charge in [-0.15, -0.1) is 11.3 Å². The summed E-state index contributed by atoms with van der Waals surface area (Å²) in [6.45, 7) is 9.24. The second-order valence-electron chi connectivity index (χ2n) is 6.50. The van der Waals surface area contributed by atoms with Crippen molar-refractivity contribution in [3.63, 3.8) is 0 Å². The van der Waals surface area contributed by atoms with Gasteiger partial charge in [-0.05, 0) is 42.2 Å². The molecule has 2 unspecified atom stereocenters. The average molecular weight is 301 g/mol. The van der Waals surface area contributed by atoms with E-state index in [4.69, 9.17) is 0 Å². The van der Waals surface area contributed by atoms with Crippen LogP contribution in [0.4, 0.5) is 0 Å². The minimum Gasteiger partial charge on any atom is -0.307 e. The molecule has 0 aliphatic heterocycles. The van der Waals surface area contributed by atoms with Gasteiger partial charge in [0.1, 0.15) is 0 Å². The number of benzene rings is 1. The zero-order valence-electron chi connectivity index (χ0n) is 13.6. The Bertz CT molecular complexity index is 516. The van der Waals surface area contributed by atoms with E-state index < -0.39 is 0 Å². The summed E-state index contributed by atoms with van der Waals surface area (Å²) in [5.41, 5.74) is 1.62. The maximum Gasteiger partial charge on any atom is 0.0414 e. The Balaban J connectivity index is 1.99. The van der Waals surface area contributed by atoms with Gasteiger partial charge in [-0.1, -0.05) is 57.2 Å². The van der Waals surface area contributed by atoms with Gasteiger partial charge in [0.2, 0.25) is 0 Å². The summed E-state index contributed by atoms with van der Waals surface area (Å²) in [4.78, 5) is 1.45. The van der Waals surface area contributed by atoms with E-state index in [0.29, 0.717) is 12.1 Å². The van der Waals surface area contributed by atoms with E-state index in [0.717, 1.165) is 12.8 Å². The molecule has 2 aromatic rings. The molecule has 0 saturated heterocycles. The molecule has 0 aliphatic rings. The lowest BCUT2D eigenvalue weighted by Gasteiger charge is -2.31. The van der Waals surface area contributed by atoms with Crippen molar-refractivity contribution in [1.82, 2.24) is 5.32 Å². The van der Waals surface area contributed by atoms with Crippen LogP contribution in [0.2, 0.25) is 0 Å². The minimum atomic E-state index is 0.196. The zero-order valence-corrected chi connectivity index (χ0v) is 14.4. The lowest BCUT2D eigenvalue weighted by molar-refractivity contribution is 0.356. The largest absolute Gasteiger partial charge is 0.307 e. The van der Waals surface area contributed by atoms with Crippen molar-refractivity contribution in [2.75, 3.05) is 0 Å². The second-order valence-corrected chi connectivity index (χ2v) is 7.48. The van der Waals surface area contributed by atoms with Crippen LogP contribution >= 0.6 is 11.3 Å². The summed E-state index contributed by atoms with van der Waals surface area (Å²) in [7, 11) is 0. The molecule has 2 rings (SSSR count). The first kappa shape index (κ1) is 16.3. The Morgan fingerprint density at radius 2 is 1.81 bits per heavy atom. The SMILES string of the molecule is CCC(NC(C)CC(C)(C)c1ccccc1)c1cccs1. The molecule has 21 heavy (non-hydrogen) atoms. The first-order chi connectivity index (χ1) is 10.0. The molecule has 1 heterocycles. The third kappa shape index (κ3) is 4.42. The quantitative estimate of drug-likeness (QED) is 0.707. The van der Waals surface area contributed by atoms with Crippen LogP contribution in [0.5, 0.6) is 0 Å². The van der Waals surface area contributed by atoms with Crippen molar-refractivity contribution in [2.24, 2.45) is 0 Å². The van der Waals surface area contributed by atoms with Gasteiger partial charge in [0.25, 0.3) is 0 Å². The van der Waals surface area contributed by atoms with Crippen molar-refractivity contribution < 1.29 is 0 Å². The van der Waals surface area contributed by atoms with Crippen LogP contribution < -0.4 is 5.32 Å². The summed E-state index contributed by atoms with van der Waals surface area (Å²) < 4.78 is 0. The Kier molecular flexibility index (Phi) is 5.60.